The fourth-order valence-corrected chi connectivity index (χ4v) is 3.97. The average Bonchev–Trinajstić information content (AvgIpc) is 3.31. The minimum atomic E-state index is -0.413. The zero-order chi connectivity index (χ0) is 24.1. The molecule has 0 saturated heterocycles. The summed E-state index contributed by atoms with van der Waals surface area (Å²) < 4.78 is 6.40. The zero-order valence-corrected chi connectivity index (χ0v) is 19.5. The summed E-state index contributed by atoms with van der Waals surface area (Å²) in [5, 5.41) is 14.2. The number of esters is 1. The van der Waals surface area contributed by atoms with Gasteiger partial charge in [-0.15, -0.1) is 5.10 Å². The van der Waals surface area contributed by atoms with Crippen LogP contribution in [0, 0.1) is 0 Å². The molecule has 2 heterocycles. The standard InChI is InChI=1S/C24H23N5O4S/c1-3-15-5-7-16(8-6-15)19-13-20-22(31)26-27-24(29(20)28-19)34-14-21(30)25-18-11-9-17(10-12-18)23(32)33-4-2/h5-13H,3-4,14H2,1-2H3,(H,25,30)(H,26,31). The smallest absolute Gasteiger partial charge is 0.338 e. The lowest BCUT2D eigenvalue weighted by atomic mass is 10.1. The van der Waals surface area contributed by atoms with Crippen LogP contribution in [-0.2, 0) is 16.0 Å². The van der Waals surface area contributed by atoms with Gasteiger partial charge in [0.05, 0.1) is 23.6 Å². The number of aromatic amines is 1. The van der Waals surface area contributed by atoms with Gasteiger partial charge in [0.1, 0.15) is 5.52 Å². The number of carbonyl (C=O) groups is 2. The number of amides is 1. The molecule has 4 rings (SSSR count). The third-order valence-corrected chi connectivity index (χ3v) is 5.98. The van der Waals surface area contributed by atoms with E-state index in [9.17, 15) is 14.4 Å². The topological polar surface area (TPSA) is 118 Å². The molecule has 0 saturated carbocycles. The number of hydrogen-bond donors (Lipinski definition) is 2. The second-order valence-electron chi connectivity index (χ2n) is 7.35. The lowest BCUT2D eigenvalue weighted by Crippen LogP contribution is -2.17. The predicted octanol–water partition coefficient (Wildman–Crippen LogP) is 3.55. The molecule has 0 radical (unpaired) electrons. The molecule has 0 aliphatic rings. The van der Waals surface area contributed by atoms with Gasteiger partial charge >= 0.3 is 5.97 Å². The number of hydrogen-bond acceptors (Lipinski definition) is 7. The number of anilines is 1. The van der Waals surface area contributed by atoms with E-state index >= 15 is 0 Å². The van der Waals surface area contributed by atoms with Crippen molar-refractivity contribution in [3.8, 4) is 11.3 Å². The van der Waals surface area contributed by atoms with Crippen LogP contribution in [0.3, 0.4) is 0 Å². The van der Waals surface area contributed by atoms with Gasteiger partial charge in [0.25, 0.3) is 5.56 Å². The van der Waals surface area contributed by atoms with E-state index in [1.165, 1.54) is 10.1 Å². The van der Waals surface area contributed by atoms with Crippen LogP contribution in [0.2, 0.25) is 0 Å². The van der Waals surface area contributed by atoms with Gasteiger partial charge in [-0.3, -0.25) is 9.59 Å². The second-order valence-corrected chi connectivity index (χ2v) is 8.29. The van der Waals surface area contributed by atoms with E-state index in [-0.39, 0.29) is 17.2 Å². The van der Waals surface area contributed by atoms with Crippen molar-refractivity contribution in [3.05, 3.63) is 76.1 Å². The number of aromatic nitrogens is 4. The number of ether oxygens (including phenoxy) is 1. The number of carbonyl (C=O) groups excluding carboxylic acids is 2. The first-order valence-corrected chi connectivity index (χ1v) is 11.7. The van der Waals surface area contributed by atoms with E-state index in [0.717, 1.165) is 23.7 Å². The van der Waals surface area contributed by atoms with Crippen molar-refractivity contribution in [2.75, 3.05) is 17.7 Å². The maximum absolute atomic E-state index is 12.4. The summed E-state index contributed by atoms with van der Waals surface area (Å²) in [6.45, 7) is 4.12. The molecule has 10 heteroatoms. The highest BCUT2D eigenvalue weighted by Gasteiger charge is 2.14. The number of H-pyrrole nitrogens is 1. The Hall–Kier alpha value is -3.92. The van der Waals surface area contributed by atoms with Gasteiger partial charge in [0, 0.05) is 11.3 Å². The minimum absolute atomic E-state index is 0.0498. The summed E-state index contributed by atoms with van der Waals surface area (Å²) in [6, 6.07) is 16.1. The Balaban J connectivity index is 1.46. The van der Waals surface area contributed by atoms with E-state index in [4.69, 9.17) is 4.74 Å². The molecule has 9 nitrogen and oxygen atoms in total. The molecule has 0 aliphatic carbocycles. The molecule has 1 amide bonds. The third-order valence-electron chi connectivity index (χ3n) is 5.05. The molecule has 0 fully saturated rings. The number of nitrogens with zero attached hydrogens (tertiary/aromatic N) is 3. The van der Waals surface area contributed by atoms with Gasteiger partial charge < -0.3 is 10.1 Å². The van der Waals surface area contributed by atoms with E-state index in [1.54, 1.807) is 37.3 Å². The first-order chi connectivity index (χ1) is 16.5. The number of nitrogens with one attached hydrogen (secondary N) is 2. The Kier molecular flexibility index (Phi) is 7.07. The summed E-state index contributed by atoms with van der Waals surface area (Å²) in [4.78, 5) is 36.5. The number of benzene rings is 2. The van der Waals surface area contributed by atoms with Crippen molar-refractivity contribution in [2.45, 2.75) is 25.4 Å². The Bertz CT molecular complexity index is 1380. The van der Waals surface area contributed by atoms with Gasteiger partial charge in [-0.2, -0.15) is 5.10 Å². The third kappa shape index (κ3) is 5.18. The highest BCUT2D eigenvalue weighted by atomic mass is 32.2. The van der Waals surface area contributed by atoms with Gasteiger partial charge in [0.2, 0.25) is 11.1 Å². The molecular formula is C24H23N5O4S. The molecule has 34 heavy (non-hydrogen) atoms. The zero-order valence-electron chi connectivity index (χ0n) is 18.7. The molecule has 4 aromatic rings. The monoisotopic (exact) mass is 477 g/mol. The van der Waals surface area contributed by atoms with Crippen molar-refractivity contribution in [1.29, 1.82) is 0 Å². The summed E-state index contributed by atoms with van der Waals surface area (Å²) in [5.41, 5.74) is 3.70. The van der Waals surface area contributed by atoms with Crippen molar-refractivity contribution in [2.24, 2.45) is 0 Å². The second kappa shape index (κ2) is 10.3. The van der Waals surface area contributed by atoms with Crippen LogP contribution in [0.15, 0.2) is 64.5 Å². The summed E-state index contributed by atoms with van der Waals surface area (Å²) in [6.07, 6.45) is 0.938. The van der Waals surface area contributed by atoms with Crippen LogP contribution in [-0.4, -0.2) is 44.0 Å². The molecule has 0 bridgehead atoms. The molecule has 174 valence electrons. The maximum Gasteiger partial charge on any atom is 0.338 e. The van der Waals surface area contributed by atoms with Crippen molar-refractivity contribution in [1.82, 2.24) is 19.8 Å². The van der Waals surface area contributed by atoms with Crippen LogP contribution in [0.4, 0.5) is 5.69 Å². The van der Waals surface area contributed by atoms with Crippen LogP contribution in [0.1, 0.15) is 29.8 Å². The van der Waals surface area contributed by atoms with Gasteiger partial charge in [-0.1, -0.05) is 43.0 Å². The Morgan fingerprint density at radius 2 is 1.82 bits per heavy atom. The van der Waals surface area contributed by atoms with Gasteiger partial charge in [0.15, 0.2) is 0 Å². The molecule has 2 N–H and O–H groups in total. The number of thioether (sulfide) groups is 1. The number of rotatable bonds is 8. The fraction of sp³-hybridized carbons (Fsp3) is 0.208. The van der Waals surface area contributed by atoms with Crippen molar-refractivity contribution < 1.29 is 14.3 Å². The molecule has 2 aromatic carbocycles. The lowest BCUT2D eigenvalue weighted by molar-refractivity contribution is -0.113. The normalized spacial score (nSPS) is 10.9. The van der Waals surface area contributed by atoms with Crippen LogP contribution in [0.5, 0.6) is 0 Å². The van der Waals surface area contributed by atoms with Crippen molar-refractivity contribution >= 4 is 34.8 Å². The Labute approximate surface area is 199 Å². The SMILES string of the molecule is CCOC(=O)c1ccc(NC(=O)CSc2n[nH]c(=O)c3cc(-c4ccc(CC)cc4)nn23)cc1. The summed E-state index contributed by atoms with van der Waals surface area (Å²) >= 11 is 1.15. The molecule has 0 aliphatic heterocycles. The number of fused-ring (bicyclic) bond motifs is 1. The highest BCUT2D eigenvalue weighted by Crippen LogP contribution is 2.22. The van der Waals surface area contributed by atoms with E-state index < -0.39 is 5.97 Å². The fourth-order valence-electron chi connectivity index (χ4n) is 3.27. The van der Waals surface area contributed by atoms with Crippen LogP contribution >= 0.6 is 11.8 Å². The van der Waals surface area contributed by atoms with Crippen LogP contribution in [0.25, 0.3) is 16.8 Å². The Morgan fingerprint density at radius 3 is 2.50 bits per heavy atom. The van der Waals surface area contributed by atoms with E-state index in [1.807, 2.05) is 24.3 Å². The average molecular weight is 478 g/mol. The minimum Gasteiger partial charge on any atom is -0.462 e. The maximum atomic E-state index is 12.4. The predicted molar refractivity (Wildman–Crippen MR) is 130 cm³/mol. The highest BCUT2D eigenvalue weighted by molar-refractivity contribution is 7.99. The molecule has 2 aromatic heterocycles. The van der Waals surface area contributed by atoms with Crippen molar-refractivity contribution in [3.63, 3.8) is 0 Å². The van der Waals surface area contributed by atoms with Gasteiger partial charge in [-0.25, -0.2) is 14.4 Å². The largest absolute Gasteiger partial charge is 0.462 e. The van der Waals surface area contributed by atoms with Gasteiger partial charge in [-0.05, 0) is 49.2 Å². The molecular weight excluding hydrogens is 454 g/mol. The quantitative estimate of drug-likeness (QED) is 0.294. The number of aryl methyl sites for hydroxylation is 1. The molecule has 0 spiro atoms. The van der Waals surface area contributed by atoms with E-state index in [2.05, 4.69) is 27.5 Å². The Morgan fingerprint density at radius 1 is 1.09 bits per heavy atom. The van der Waals surface area contributed by atoms with Crippen LogP contribution < -0.4 is 10.9 Å². The summed E-state index contributed by atoms with van der Waals surface area (Å²) in [5.74, 6) is -0.629. The first kappa shape index (κ1) is 23.2. The first-order valence-electron chi connectivity index (χ1n) is 10.8. The molecule has 0 atom stereocenters. The van der Waals surface area contributed by atoms with E-state index in [0.29, 0.717) is 34.2 Å². The molecule has 0 unspecified atom stereocenters. The lowest BCUT2D eigenvalue weighted by Gasteiger charge is -2.07. The summed E-state index contributed by atoms with van der Waals surface area (Å²) in [7, 11) is 0.